The van der Waals surface area contributed by atoms with Crippen LogP contribution in [0.2, 0.25) is 0 Å². The summed E-state index contributed by atoms with van der Waals surface area (Å²) in [6, 6.07) is 0.0488. The highest BCUT2D eigenvalue weighted by Gasteiger charge is 2.19. The first-order valence-corrected chi connectivity index (χ1v) is 6.34. The molecule has 2 N–H and O–H groups in total. The Hall–Kier alpha value is -0.320. The molecule has 1 rings (SSSR count). The lowest BCUT2D eigenvalue weighted by molar-refractivity contribution is -0.123. The molecular weight excluding hydrogens is 240 g/mol. The van der Waals surface area contributed by atoms with E-state index in [0.29, 0.717) is 0 Å². The highest BCUT2D eigenvalue weighted by Crippen LogP contribution is 2.06. The van der Waals surface area contributed by atoms with Gasteiger partial charge in [-0.05, 0) is 38.6 Å². The topological polar surface area (TPSA) is 50.4 Å². The molecule has 1 unspecified atom stereocenters. The van der Waals surface area contributed by atoms with E-state index in [1.165, 1.54) is 12.8 Å². The number of piperidine rings is 1. The quantitative estimate of drug-likeness (QED) is 0.685. The van der Waals surface area contributed by atoms with Crippen LogP contribution >= 0.6 is 12.4 Å². The predicted molar refractivity (Wildman–Crippen MR) is 71.6 cm³/mol. The summed E-state index contributed by atoms with van der Waals surface area (Å²) < 4.78 is 4.97. The molecule has 1 amide bonds. The van der Waals surface area contributed by atoms with Crippen LogP contribution < -0.4 is 10.6 Å². The molecule has 1 saturated heterocycles. The molecule has 1 atom stereocenters. The Kier molecular flexibility index (Phi) is 10.6. The Morgan fingerprint density at radius 1 is 1.35 bits per heavy atom. The second-order valence-corrected chi connectivity index (χ2v) is 4.35. The van der Waals surface area contributed by atoms with Gasteiger partial charge >= 0.3 is 0 Å². The van der Waals surface area contributed by atoms with E-state index in [1.807, 2.05) is 0 Å². The van der Waals surface area contributed by atoms with Gasteiger partial charge in [0.15, 0.2) is 0 Å². The Bertz CT molecular complexity index is 197. The maximum absolute atomic E-state index is 11.7. The van der Waals surface area contributed by atoms with Crippen LogP contribution in [0.5, 0.6) is 0 Å². The molecule has 0 aromatic carbocycles. The number of unbranched alkanes of at least 4 members (excludes halogenated alkanes) is 2. The standard InChI is InChI=1S/C12H24N2O2.ClH/c1-16-10-6-2-4-9-14-12(15)11-7-3-5-8-13-11;/h11,13H,2-10H2,1H3,(H,14,15);1H. The number of hydrogen-bond acceptors (Lipinski definition) is 3. The number of methoxy groups -OCH3 is 1. The maximum Gasteiger partial charge on any atom is 0.237 e. The molecule has 4 nitrogen and oxygen atoms in total. The Balaban J connectivity index is 0.00000256. The Morgan fingerprint density at radius 2 is 2.18 bits per heavy atom. The monoisotopic (exact) mass is 264 g/mol. The molecule has 0 saturated carbocycles. The number of ether oxygens (including phenoxy) is 1. The third-order valence-electron chi connectivity index (χ3n) is 2.95. The number of hydrogen-bond donors (Lipinski definition) is 2. The van der Waals surface area contributed by atoms with Gasteiger partial charge in [0.05, 0.1) is 6.04 Å². The lowest BCUT2D eigenvalue weighted by atomic mass is 10.0. The van der Waals surface area contributed by atoms with Crippen molar-refractivity contribution in [2.24, 2.45) is 0 Å². The Morgan fingerprint density at radius 3 is 2.82 bits per heavy atom. The second-order valence-electron chi connectivity index (χ2n) is 4.35. The van der Waals surface area contributed by atoms with E-state index in [-0.39, 0.29) is 24.4 Å². The number of carbonyl (C=O) groups is 1. The molecule has 17 heavy (non-hydrogen) atoms. The van der Waals surface area contributed by atoms with Crippen molar-refractivity contribution < 1.29 is 9.53 Å². The van der Waals surface area contributed by atoms with Gasteiger partial charge in [-0.1, -0.05) is 6.42 Å². The van der Waals surface area contributed by atoms with Crippen LogP contribution in [0.3, 0.4) is 0 Å². The number of rotatable bonds is 7. The molecule has 0 spiro atoms. The van der Waals surface area contributed by atoms with Crippen molar-refractivity contribution in [3.05, 3.63) is 0 Å². The lowest BCUT2D eigenvalue weighted by Gasteiger charge is -2.22. The first kappa shape index (κ1) is 16.7. The van der Waals surface area contributed by atoms with Crippen molar-refractivity contribution >= 4 is 18.3 Å². The van der Waals surface area contributed by atoms with Gasteiger partial charge in [0.2, 0.25) is 5.91 Å². The largest absolute Gasteiger partial charge is 0.385 e. The van der Waals surface area contributed by atoms with E-state index in [2.05, 4.69) is 10.6 Å². The van der Waals surface area contributed by atoms with E-state index >= 15 is 0 Å². The molecule has 0 radical (unpaired) electrons. The van der Waals surface area contributed by atoms with Crippen LogP contribution in [0.15, 0.2) is 0 Å². The van der Waals surface area contributed by atoms with E-state index in [1.54, 1.807) is 7.11 Å². The van der Waals surface area contributed by atoms with E-state index in [9.17, 15) is 4.79 Å². The van der Waals surface area contributed by atoms with Crippen molar-refractivity contribution in [3.8, 4) is 0 Å². The molecule has 0 aliphatic carbocycles. The third-order valence-corrected chi connectivity index (χ3v) is 2.95. The minimum absolute atomic E-state index is 0. The van der Waals surface area contributed by atoms with E-state index in [4.69, 9.17) is 4.74 Å². The number of nitrogens with one attached hydrogen (secondary N) is 2. The lowest BCUT2D eigenvalue weighted by Crippen LogP contribution is -2.46. The highest BCUT2D eigenvalue weighted by molar-refractivity contribution is 5.85. The van der Waals surface area contributed by atoms with Crippen molar-refractivity contribution in [1.29, 1.82) is 0 Å². The molecule has 1 fully saturated rings. The van der Waals surface area contributed by atoms with Gasteiger partial charge in [-0.15, -0.1) is 12.4 Å². The van der Waals surface area contributed by atoms with Crippen molar-refractivity contribution in [1.82, 2.24) is 10.6 Å². The fraction of sp³-hybridized carbons (Fsp3) is 0.917. The zero-order chi connectivity index (χ0) is 11.6. The van der Waals surface area contributed by atoms with Crippen molar-refractivity contribution in [2.75, 3.05) is 26.8 Å². The first-order valence-electron chi connectivity index (χ1n) is 6.34. The zero-order valence-electron chi connectivity index (χ0n) is 10.7. The molecule has 0 bridgehead atoms. The molecule has 0 aromatic rings. The van der Waals surface area contributed by atoms with Gasteiger partial charge in [0.25, 0.3) is 0 Å². The van der Waals surface area contributed by atoms with Crippen molar-refractivity contribution in [2.45, 2.75) is 44.6 Å². The van der Waals surface area contributed by atoms with Crippen LogP contribution in [0.4, 0.5) is 0 Å². The molecule has 1 heterocycles. The van der Waals surface area contributed by atoms with Crippen LogP contribution in [-0.2, 0) is 9.53 Å². The summed E-state index contributed by atoms with van der Waals surface area (Å²) in [6.07, 6.45) is 6.58. The summed E-state index contributed by atoms with van der Waals surface area (Å²) in [5, 5.41) is 6.24. The minimum atomic E-state index is 0. The average Bonchev–Trinajstić information content (AvgIpc) is 2.34. The first-order chi connectivity index (χ1) is 7.84. The molecule has 102 valence electrons. The van der Waals surface area contributed by atoms with Crippen LogP contribution in [-0.4, -0.2) is 38.8 Å². The smallest absolute Gasteiger partial charge is 0.237 e. The SMILES string of the molecule is COCCCCCNC(=O)C1CCCCN1.Cl. The van der Waals surface area contributed by atoms with Gasteiger partial charge in [-0.25, -0.2) is 0 Å². The fourth-order valence-corrected chi connectivity index (χ4v) is 1.96. The molecule has 5 heteroatoms. The summed E-state index contributed by atoms with van der Waals surface area (Å²) >= 11 is 0. The summed E-state index contributed by atoms with van der Waals surface area (Å²) in [7, 11) is 1.72. The van der Waals surface area contributed by atoms with Crippen LogP contribution in [0, 0.1) is 0 Å². The number of amides is 1. The third kappa shape index (κ3) is 7.58. The van der Waals surface area contributed by atoms with Gasteiger partial charge in [0, 0.05) is 20.3 Å². The van der Waals surface area contributed by atoms with Gasteiger partial charge in [-0.3, -0.25) is 4.79 Å². The fourth-order valence-electron chi connectivity index (χ4n) is 1.96. The molecule has 0 aromatic heterocycles. The van der Waals surface area contributed by atoms with Gasteiger partial charge in [-0.2, -0.15) is 0 Å². The number of carbonyl (C=O) groups excluding carboxylic acids is 1. The molecule has 1 aliphatic rings. The van der Waals surface area contributed by atoms with Crippen molar-refractivity contribution in [3.63, 3.8) is 0 Å². The van der Waals surface area contributed by atoms with E-state index in [0.717, 1.165) is 45.4 Å². The maximum atomic E-state index is 11.7. The molecular formula is C12H25ClN2O2. The summed E-state index contributed by atoms with van der Waals surface area (Å²) in [6.45, 7) is 2.59. The minimum Gasteiger partial charge on any atom is -0.385 e. The summed E-state index contributed by atoms with van der Waals surface area (Å²) in [5.41, 5.74) is 0. The van der Waals surface area contributed by atoms with Crippen LogP contribution in [0.25, 0.3) is 0 Å². The zero-order valence-corrected chi connectivity index (χ0v) is 11.5. The van der Waals surface area contributed by atoms with Crippen LogP contribution in [0.1, 0.15) is 38.5 Å². The van der Waals surface area contributed by atoms with E-state index < -0.39 is 0 Å². The van der Waals surface area contributed by atoms with Gasteiger partial charge in [0.1, 0.15) is 0 Å². The van der Waals surface area contributed by atoms with Gasteiger partial charge < -0.3 is 15.4 Å². The molecule has 1 aliphatic heterocycles. The summed E-state index contributed by atoms with van der Waals surface area (Å²) in [4.78, 5) is 11.7. The summed E-state index contributed by atoms with van der Waals surface area (Å²) in [5.74, 6) is 0.173. The highest BCUT2D eigenvalue weighted by atomic mass is 35.5. The number of halogens is 1. The predicted octanol–water partition coefficient (Wildman–Crippen LogP) is 1.48. The normalized spacial score (nSPS) is 19.5. The Labute approximate surface area is 110 Å². The average molecular weight is 265 g/mol. The second kappa shape index (κ2) is 10.8.